The number of carbonyl (C=O) groups excluding carboxylic acids is 1. The minimum absolute atomic E-state index is 0.146. The fraction of sp³-hybridized carbons (Fsp3) is 0.500. The normalized spacial score (nSPS) is 9.95. The molecule has 0 bridgehead atoms. The van der Waals surface area contributed by atoms with E-state index in [2.05, 4.69) is 4.98 Å². The number of hydrogen-bond donors (Lipinski definition) is 1. The van der Waals surface area contributed by atoms with Crippen molar-refractivity contribution in [1.29, 1.82) is 5.26 Å². The van der Waals surface area contributed by atoms with Crippen molar-refractivity contribution < 1.29 is 4.79 Å². The van der Waals surface area contributed by atoms with Crippen LogP contribution in [0, 0.1) is 18.3 Å². The van der Waals surface area contributed by atoms with Gasteiger partial charge in [0.2, 0.25) is 5.91 Å². The molecule has 1 N–H and O–H groups in total. The van der Waals surface area contributed by atoms with E-state index in [4.69, 9.17) is 5.26 Å². The Balaban J connectivity index is 2.65. The van der Waals surface area contributed by atoms with Gasteiger partial charge in [-0.2, -0.15) is 5.26 Å². The smallest absolute Gasteiger partial charge is 0.328 e. The number of H-pyrrole nitrogens is 1. The SMILES string of the molecule is Cc1cn(CCC(=O)N(C)CCC#N)c(=O)[nH]c1=O. The number of nitrogens with one attached hydrogen (secondary N) is 1. The highest BCUT2D eigenvalue weighted by atomic mass is 16.2. The van der Waals surface area contributed by atoms with Gasteiger partial charge in [0.15, 0.2) is 0 Å². The average Bonchev–Trinajstić information content (AvgIpc) is 2.38. The Morgan fingerprint density at radius 3 is 2.84 bits per heavy atom. The highest BCUT2D eigenvalue weighted by Crippen LogP contribution is 1.95. The van der Waals surface area contributed by atoms with Gasteiger partial charge in [0.25, 0.3) is 5.56 Å². The first-order valence-corrected chi connectivity index (χ1v) is 5.87. The molecule has 0 unspecified atom stereocenters. The highest BCUT2D eigenvalue weighted by molar-refractivity contribution is 5.75. The summed E-state index contributed by atoms with van der Waals surface area (Å²) in [5.41, 5.74) is -0.522. The fourth-order valence-electron chi connectivity index (χ4n) is 1.53. The number of amides is 1. The van der Waals surface area contributed by atoms with E-state index in [9.17, 15) is 14.4 Å². The minimum atomic E-state index is -0.525. The number of aromatic amines is 1. The van der Waals surface area contributed by atoms with Gasteiger partial charge in [0.05, 0.1) is 12.5 Å². The third-order valence-electron chi connectivity index (χ3n) is 2.74. The number of carbonyl (C=O) groups is 1. The first kappa shape index (κ1) is 14.7. The van der Waals surface area contributed by atoms with Gasteiger partial charge in [-0.1, -0.05) is 0 Å². The summed E-state index contributed by atoms with van der Waals surface area (Å²) < 4.78 is 1.30. The number of hydrogen-bond acceptors (Lipinski definition) is 4. The summed E-state index contributed by atoms with van der Waals surface area (Å²) in [6.07, 6.45) is 1.86. The molecule has 0 aliphatic carbocycles. The van der Waals surface area contributed by atoms with Crippen molar-refractivity contribution in [2.45, 2.75) is 26.3 Å². The van der Waals surface area contributed by atoms with Crippen molar-refractivity contribution in [3.63, 3.8) is 0 Å². The third kappa shape index (κ3) is 4.10. The van der Waals surface area contributed by atoms with Gasteiger partial charge in [-0.15, -0.1) is 0 Å². The largest absolute Gasteiger partial charge is 0.345 e. The van der Waals surface area contributed by atoms with E-state index in [-0.39, 0.29) is 25.3 Å². The topological polar surface area (TPSA) is 99.0 Å². The van der Waals surface area contributed by atoms with E-state index in [0.717, 1.165) is 0 Å². The predicted molar refractivity (Wildman–Crippen MR) is 68.5 cm³/mol. The monoisotopic (exact) mass is 264 g/mol. The zero-order valence-electron chi connectivity index (χ0n) is 11.0. The van der Waals surface area contributed by atoms with Crippen LogP contribution in [0.1, 0.15) is 18.4 Å². The quantitative estimate of drug-likeness (QED) is 0.782. The molecule has 19 heavy (non-hydrogen) atoms. The van der Waals surface area contributed by atoms with E-state index in [0.29, 0.717) is 12.1 Å². The molecule has 7 nitrogen and oxygen atoms in total. The second kappa shape index (κ2) is 6.54. The van der Waals surface area contributed by atoms with Crippen molar-refractivity contribution in [2.24, 2.45) is 0 Å². The lowest BCUT2D eigenvalue weighted by Gasteiger charge is -2.15. The van der Waals surface area contributed by atoms with Gasteiger partial charge in [-0.05, 0) is 6.92 Å². The van der Waals surface area contributed by atoms with Gasteiger partial charge in [-0.3, -0.25) is 19.1 Å². The van der Waals surface area contributed by atoms with E-state index >= 15 is 0 Å². The molecule has 7 heteroatoms. The maximum atomic E-state index is 11.7. The zero-order chi connectivity index (χ0) is 14.4. The summed E-state index contributed by atoms with van der Waals surface area (Å²) in [5.74, 6) is -0.147. The molecule has 102 valence electrons. The second-order valence-corrected chi connectivity index (χ2v) is 4.24. The van der Waals surface area contributed by atoms with Gasteiger partial charge in [0.1, 0.15) is 0 Å². The Morgan fingerprint density at radius 1 is 1.53 bits per heavy atom. The maximum absolute atomic E-state index is 11.7. The third-order valence-corrected chi connectivity index (χ3v) is 2.74. The molecule has 1 aromatic rings. The van der Waals surface area contributed by atoms with Crippen LogP contribution < -0.4 is 11.2 Å². The number of rotatable bonds is 5. The Hall–Kier alpha value is -2.36. The van der Waals surface area contributed by atoms with E-state index in [1.807, 2.05) is 6.07 Å². The molecule has 0 aromatic carbocycles. The average molecular weight is 264 g/mol. The first-order chi connectivity index (χ1) is 8.95. The molecule has 1 aromatic heterocycles. The van der Waals surface area contributed by atoms with Crippen LogP contribution in [0.3, 0.4) is 0 Å². The van der Waals surface area contributed by atoms with Crippen LogP contribution in [0.25, 0.3) is 0 Å². The van der Waals surface area contributed by atoms with E-state index in [1.165, 1.54) is 15.7 Å². The number of aromatic nitrogens is 2. The zero-order valence-corrected chi connectivity index (χ0v) is 11.0. The van der Waals surface area contributed by atoms with Crippen LogP contribution in [0.4, 0.5) is 0 Å². The molecule has 0 radical (unpaired) electrons. The molecule has 1 amide bonds. The Morgan fingerprint density at radius 2 is 2.21 bits per heavy atom. The number of aryl methyl sites for hydroxylation is 2. The molecule has 0 saturated carbocycles. The van der Waals surface area contributed by atoms with Crippen LogP contribution in [0.2, 0.25) is 0 Å². The number of nitriles is 1. The Kier molecular flexibility index (Phi) is 5.06. The molecular formula is C12H16N4O3. The summed E-state index contributed by atoms with van der Waals surface area (Å²) in [7, 11) is 1.61. The lowest BCUT2D eigenvalue weighted by Crippen LogP contribution is -2.33. The fourth-order valence-corrected chi connectivity index (χ4v) is 1.53. The van der Waals surface area contributed by atoms with E-state index in [1.54, 1.807) is 14.0 Å². The first-order valence-electron chi connectivity index (χ1n) is 5.87. The maximum Gasteiger partial charge on any atom is 0.328 e. The second-order valence-electron chi connectivity index (χ2n) is 4.24. The molecule has 0 atom stereocenters. The molecule has 0 aliphatic rings. The van der Waals surface area contributed by atoms with Crippen LogP contribution in [-0.4, -0.2) is 34.0 Å². The highest BCUT2D eigenvalue weighted by Gasteiger charge is 2.09. The van der Waals surface area contributed by atoms with Gasteiger partial charge in [0, 0.05) is 38.3 Å². The number of nitrogens with zero attached hydrogens (tertiary/aromatic N) is 3. The molecular weight excluding hydrogens is 248 g/mol. The molecule has 1 rings (SSSR count). The standard InChI is InChI=1S/C12H16N4O3/c1-9-8-16(12(19)14-11(9)18)7-4-10(17)15(2)6-3-5-13/h8H,3-4,6-7H2,1-2H3,(H,14,18,19). The van der Waals surface area contributed by atoms with Crippen molar-refractivity contribution in [2.75, 3.05) is 13.6 Å². The van der Waals surface area contributed by atoms with Crippen molar-refractivity contribution >= 4 is 5.91 Å². The predicted octanol–water partition coefficient (Wildman–Crippen LogP) is -0.393. The van der Waals surface area contributed by atoms with Crippen molar-refractivity contribution in [3.8, 4) is 6.07 Å². The van der Waals surface area contributed by atoms with Gasteiger partial charge >= 0.3 is 5.69 Å². The lowest BCUT2D eigenvalue weighted by molar-refractivity contribution is -0.130. The minimum Gasteiger partial charge on any atom is -0.345 e. The Labute approximate surface area is 110 Å². The molecule has 0 fully saturated rings. The molecule has 0 spiro atoms. The van der Waals surface area contributed by atoms with Crippen LogP contribution in [0.15, 0.2) is 15.8 Å². The molecule has 0 aliphatic heterocycles. The molecule has 1 heterocycles. The molecule has 0 saturated heterocycles. The van der Waals surface area contributed by atoms with Gasteiger partial charge < -0.3 is 4.90 Å². The van der Waals surface area contributed by atoms with Crippen LogP contribution in [0.5, 0.6) is 0 Å². The summed E-state index contributed by atoms with van der Waals surface area (Å²) in [6, 6.07) is 1.96. The van der Waals surface area contributed by atoms with Crippen LogP contribution >= 0.6 is 0 Å². The van der Waals surface area contributed by atoms with Crippen molar-refractivity contribution in [3.05, 3.63) is 32.6 Å². The summed E-state index contributed by atoms with van der Waals surface area (Å²) >= 11 is 0. The van der Waals surface area contributed by atoms with Crippen LogP contribution in [-0.2, 0) is 11.3 Å². The Bertz CT molecular complexity index is 609. The summed E-state index contributed by atoms with van der Waals surface area (Å²) in [6.45, 7) is 2.16. The van der Waals surface area contributed by atoms with Crippen molar-refractivity contribution in [1.82, 2.24) is 14.5 Å². The lowest BCUT2D eigenvalue weighted by atomic mass is 10.3. The van der Waals surface area contributed by atoms with Gasteiger partial charge in [-0.25, -0.2) is 4.79 Å². The van der Waals surface area contributed by atoms with E-state index < -0.39 is 11.2 Å². The summed E-state index contributed by atoms with van der Waals surface area (Å²) in [5, 5.41) is 8.43. The summed E-state index contributed by atoms with van der Waals surface area (Å²) in [4.78, 5) is 38.0.